The van der Waals surface area contributed by atoms with E-state index in [1.807, 2.05) is 0 Å². The van der Waals surface area contributed by atoms with Gasteiger partial charge in [0.15, 0.2) is 5.82 Å². The summed E-state index contributed by atoms with van der Waals surface area (Å²) >= 11 is 0. The van der Waals surface area contributed by atoms with E-state index in [1.165, 1.54) is 24.3 Å². The Labute approximate surface area is 186 Å². The van der Waals surface area contributed by atoms with Gasteiger partial charge < -0.3 is 10.0 Å². The number of tetrazole rings is 1. The molecule has 2 aliphatic rings. The molecule has 2 aromatic rings. The number of carboxylic acids is 1. The Hall–Kier alpha value is -3.63. The van der Waals surface area contributed by atoms with Crippen LogP contribution in [0, 0.1) is 0 Å². The molecule has 2 N–H and O–H groups in total. The first-order valence-corrected chi connectivity index (χ1v) is 9.49. The van der Waals surface area contributed by atoms with Crippen molar-refractivity contribution in [2.75, 3.05) is 26.2 Å². The molecule has 0 spiro atoms. The number of carbonyl (C=O) groups excluding carboxylic acids is 1. The topological polar surface area (TPSA) is 140 Å². The average Bonchev–Trinajstić information content (AvgIpc) is 3.45. The maximum atomic E-state index is 13.0. The van der Waals surface area contributed by atoms with Crippen molar-refractivity contribution in [2.45, 2.75) is 24.6 Å². The fourth-order valence-corrected chi connectivity index (χ4v) is 3.03. The van der Waals surface area contributed by atoms with Gasteiger partial charge in [-0.05, 0) is 12.1 Å². The Morgan fingerprint density at radius 3 is 1.97 bits per heavy atom. The number of alkyl halides is 6. The van der Waals surface area contributed by atoms with Crippen LogP contribution < -0.4 is 0 Å². The van der Waals surface area contributed by atoms with E-state index in [0.29, 0.717) is 44.1 Å². The summed E-state index contributed by atoms with van der Waals surface area (Å²) < 4.78 is 70.8. The zero-order valence-electron chi connectivity index (χ0n) is 17.0. The summed E-state index contributed by atoms with van der Waals surface area (Å²) in [6, 6.07) is 5.29. The number of H-pyrrole nitrogens is 1. The third-order valence-electron chi connectivity index (χ3n) is 4.89. The molecule has 4 rings (SSSR count). The van der Waals surface area contributed by atoms with Crippen LogP contribution in [-0.4, -0.2) is 85.9 Å². The maximum absolute atomic E-state index is 13.0. The van der Waals surface area contributed by atoms with Gasteiger partial charge in [-0.25, -0.2) is 4.79 Å². The van der Waals surface area contributed by atoms with Crippen molar-refractivity contribution in [3.63, 3.8) is 0 Å². The van der Waals surface area contributed by atoms with Gasteiger partial charge in [-0.15, -0.1) is 20.4 Å². The Balaban J connectivity index is 0.000000406. The molecule has 1 aromatic carbocycles. The number of benzene rings is 1. The molecule has 0 radical (unpaired) electrons. The van der Waals surface area contributed by atoms with Crippen molar-refractivity contribution in [1.29, 1.82) is 0 Å². The molecule has 1 aromatic heterocycles. The summed E-state index contributed by atoms with van der Waals surface area (Å²) in [5, 5.41) is 27.1. The van der Waals surface area contributed by atoms with Crippen molar-refractivity contribution >= 4 is 11.9 Å². The highest BCUT2D eigenvalue weighted by Crippen LogP contribution is 2.52. The first-order chi connectivity index (χ1) is 15.8. The van der Waals surface area contributed by atoms with Gasteiger partial charge in [0.1, 0.15) is 0 Å². The van der Waals surface area contributed by atoms with Crippen LogP contribution in [0.15, 0.2) is 34.5 Å². The maximum Gasteiger partial charge on any atom is 0.490 e. The number of rotatable bonds is 4. The molecule has 1 saturated heterocycles. The van der Waals surface area contributed by atoms with Crippen molar-refractivity contribution in [2.24, 2.45) is 10.2 Å². The molecule has 17 heteroatoms. The fraction of sp³-hybridized carbons (Fsp3) is 0.471. The highest BCUT2D eigenvalue weighted by molar-refractivity contribution is 5.94. The van der Waals surface area contributed by atoms with E-state index in [4.69, 9.17) is 9.90 Å². The number of nitrogens with zero attached hydrogens (tertiary/aromatic N) is 7. The molecular weight excluding hydrogens is 478 g/mol. The van der Waals surface area contributed by atoms with Gasteiger partial charge in [0.2, 0.25) is 0 Å². The molecule has 184 valence electrons. The van der Waals surface area contributed by atoms with E-state index in [2.05, 4.69) is 35.8 Å². The van der Waals surface area contributed by atoms with Crippen LogP contribution in [0.1, 0.15) is 21.7 Å². The second-order valence-corrected chi connectivity index (χ2v) is 7.15. The zero-order valence-corrected chi connectivity index (χ0v) is 17.0. The van der Waals surface area contributed by atoms with Gasteiger partial charge >= 0.3 is 24.0 Å². The molecular formula is C17H16F6N8O3. The van der Waals surface area contributed by atoms with E-state index >= 15 is 0 Å². The van der Waals surface area contributed by atoms with Gasteiger partial charge in [-0.2, -0.15) is 31.6 Å². The largest absolute Gasteiger partial charge is 0.490 e. The molecule has 0 bridgehead atoms. The van der Waals surface area contributed by atoms with E-state index < -0.39 is 24.0 Å². The molecule has 0 aliphatic carbocycles. The second-order valence-electron chi connectivity index (χ2n) is 7.15. The molecule has 0 unspecified atom stereocenters. The SMILES string of the molecule is O=C(O)C(F)(F)F.O=C(c1ccc(C2(C(F)(F)F)N=N2)cc1)N1CCN(Cc2nn[nH]n2)CC1. The van der Waals surface area contributed by atoms with Crippen molar-refractivity contribution in [3.8, 4) is 0 Å². The van der Waals surface area contributed by atoms with Gasteiger partial charge in [0.05, 0.1) is 6.54 Å². The number of carboxylic acid groups (broad SMARTS) is 1. The third-order valence-corrected chi connectivity index (χ3v) is 4.89. The van der Waals surface area contributed by atoms with Crippen LogP contribution in [0.3, 0.4) is 0 Å². The summed E-state index contributed by atoms with van der Waals surface area (Å²) in [6.45, 7) is 2.85. The number of aromatic nitrogens is 4. The fourth-order valence-electron chi connectivity index (χ4n) is 3.03. The Morgan fingerprint density at radius 2 is 1.56 bits per heavy atom. The number of nitrogens with one attached hydrogen (secondary N) is 1. The van der Waals surface area contributed by atoms with Crippen molar-refractivity contribution in [3.05, 3.63) is 41.2 Å². The van der Waals surface area contributed by atoms with Gasteiger partial charge in [-0.1, -0.05) is 17.3 Å². The Morgan fingerprint density at radius 1 is 1.00 bits per heavy atom. The number of halogens is 6. The van der Waals surface area contributed by atoms with Crippen molar-refractivity contribution < 1.29 is 41.0 Å². The summed E-state index contributed by atoms with van der Waals surface area (Å²) in [6.07, 6.45) is -9.66. The van der Waals surface area contributed by atoms with Gasteiger partial charge in [-0.3, -0.25) is 9.69 Å². The van der Waals surface area contributed by atoms with Gasteiger partial charge in [0.25, 0.3) is 5.91 Å². The van der Waals surface area contributed by atoms with Gasteiger partial charge in [0, 0.05) is 37.3 Å². The molecule has 2 aliphatic heterocycles. The predicted molar refractivity (Wildman–Crippen MR) is 98.1 cm³/mol. The molecule has 11 nitrogen and oxygen atoms in total. The predicted octanol–water partition coefficient (Wildman–Crippen LogP) is 1.97. The number of aromatic amines is 1. The second kappa shape index (κ2) is 9.32. The zero-order chi connectivity index (χ0) is 25.1. The lowest BCUT2D eigenvalue weighted by molar-refractivity contribution is -0.192. The lowest BCUT2D eigenvalue weighted by Crippen LogP contribution is -2.48. The molecule has 0 atom stereocenters. The lowest BCUT2D eigenvalue weighted by Gasteiger charge is -2.34. The number of amides is 1. The van der Waals surface area contributed by atoms with Crippen LogP contribution in [-0.2, 0) is 17.0 Å². The van der Waals surface area contributed by atoms with E-state index in [9.17, 15) is 31.1 Å². The summed E-state index contributed by atoms with van der Waals surface area (Å²) in [5.41, 5.74) is -2.21. The number of hydrogen-bond acceptors (Lipinski definition) is 8. The molecule has 3 heterocycles. The summed E-state index contributed by atoms with van der Waals surface area (Å²) in [7, 11) is 0. The quantitative estimate of drug-likeness (QED) is 0.620. The molecule has 1 fully saturated rings. The van der Waals surface area contributed by atoms with E-state index in [-0.39, 0.29) is 11.5 Å². The van der Waals surface area contributed by atoms with Crippen LogP contribution in [0.4, 0.5) is 26.3 Å². The van der Waals surface area contributed by atoms with Crippen LogP contribution in [0.25, 0.3) is 0 Å². The summed E-state index contributed by atoms with van der Waals surface area (Å²) in [5.74, 6) is -2.39. The van der Waals surface area contributed by atoms with Crippen LogP contribution >= 0.6 is 0 Å². The van der Waals surface area contributed by atoms with Crippen LogP contribution in [0.5, 0.6) is 0 Å². The monoisotopic (exact) mass is 494 g/mol. The standard InChI is InChI=1S/C15H15F3N8O.C2HF3O2/c16-15(17,18)14(21-22-14)11-3-1-10(2-4-11)13(27)26-7-5-25(6-8-26)9-12-19-23-24-20-12;3-2(4,5)1(6)7/h1-4H,5-9H2,(H,19,20,23,24);(H,6,7). The molecule has 34 heavy (non-hydrogen) atoms. The smallest absolute Gasteiger partial charge is 0.475 e. The minimum absolute atomic E-state index is 0.0866. The molecule has 1 amide bonds. The average molecular weight is 494 g/mol. The third kappa shape index (κ3) is 5.64. The Bertz CT molecular complexity index is 1030. The first kappa shape index (κ1) is 25.0. The molecule has 0 saturated carbocycles. The normalized spacial score (nSPS) is 17.6. The highest BCUT2D eigenvalue weighted by Gasteiger charge is 2.65. The number of hydrogen-bond donors (Lipinski definition) is 2. The first-order valence-electron chi connectivity index (χ1n) is 9.49. The lowest BCUT2D eigenvalue weighted by atomic mass is 10.0. The minimum Gasteiger partial charge on any atom is -0.475 e. The van der Waals surface area contributed by atoms with Crippen LogP contribution in [0.2, 0.25) is 0 Å². The summed E-state index contributed by atoms with van der Waals surface area (Å²) in [4.78, 5) is 25.3. The minimum atomic E-state index is -5.08. The number of carbonyl (C=O) groups is 2. The van der Waals surface area contributed by atoms with E-state index in [0.717, 1.165) is 0 Å². The Kier molecular flexibility index (Phi) is 6.85. The van der Waals surface area contributed by atoms with E-state index in [1.54, 1.807) is 4.90 Å². The highest BCUT2D eigenvalue weighted by atomic mass is 19.4. The van der Waals surface area contributed by atoms with Crippen molar-refractivity contribution in [1.82, 2.24) is 30.4 Å². The number of piperazine rings is 1. The number of aliphatic carboxylic acids is 1.